The molecule has 7 nitrogen and oxygen atoms in total. The summed E-state index contributed by atoms with van der Waals surface area (Å²) in [6.07, 6.45) is -21.8. The molecular formula is C37H7F12N7. The molecule has 2 aliphatic carbocycles. The SMILES string of the molecule is N#CC(C#N)=C1C(c2cc(C(F)(F)F)cc(C(F)(F)F)c2)=C(C#N)c2c1cc1c(c2C#N)C(=C(C#N)C#N)C(c2cc(C(F)(F)F)cc(C(F)(F)F)c2)=C1C#N. The molecule has 0 unspecified atom stereocenters. The zero-order valence-corrected chi connectivity index (χ0v) is 26.7. The van der Waals surface area contributed by atoms with Crippen LogP contribution in [-0.2, 0) is 24.7 Å². The summed E-state index contributed by atoms with van der Waals surface area (Å²) in [7, 11) is 0. The molecular weight excluding hydrogens is 770 g/mol. The Kier molecular flexibility index (Phi) is 9.33. The molecule has 0 aliphatic heterocycles. The van der Waals surface area contributed by atoms with Gasteiger partial charge < -0.3 is 0 Å². The maximum absolute atomic E-state index is 13.9. The van der Waals surface area contributed by atoms with E-state index < -0.39 is 130 Å². The molecule has 0 amide bonds. The molecule has 0 heterocycles. The molecule has 5 rings (SSSR count). The highest BCUT2D eigenvalue weighted by Gasteiger charge is 2.44. The Morgan fingerprint density at radius 1 is 0.393 bits per heavy atom. The van der Waals surface area contributed by atoms with Crippen LogP contribution in [-0.4, -0.2) is 0 Å². The number of nitriles is 7. The van der Waals surface area contributed by atoms with Gasteiger partial charge in [-0.25, -0.2) is 0 Å². The van der Waals surface area contributed by atoms with Crippen LogP contribution in [0.4, 0.5) is 52.7 Å². The van der Waals surface area contributed by atoms with E-state index in [1.54, 1.807) is 6.07 Å². The number of halogens is 12. The van der Waals surface area contributed by atoms with Crippen molar-refractivity contribution >= 4 is 33.4 Å². The van der Waals surface area contributed by atoms with E-state index in [-0.39, 0.29) is 36.4 Å². The predicted octanol–water partition coefficient (Wildman–Crippen LogP) is 10.1. The Hall–Kier alpha value is -7.79. The van der Waals surface area contributed by atoms with E-state index in [4.69, 9.17) is 0 Å². The maximum Gasteiger partial charge on any atom is 0.416 e. The largest absolute Gasteiger partial charge is 0.416 e. The molecule has 0 radical (unpaired) electrons. The molecule has 274 valence electrons. The topological polar surface area (TPSA) is 167 Å². The van der Waals surface area contributed by atoms with E-state index >= 15 is 0 Å². The highest BCUT2D eigenvalue weighted by Crippen LogP contribution is 2.57. The Morgan fingerprint density at radius 3 is 1.07 bits per heavy atom. The second kappa shape index (κ2) is 13.3. The summed E-state index contributed by atoms with van der Waals surface area (Å²) < 4.78 is 167. The van der Waals surface area contributed by atoms with Crippen LogP contribution in [0.2, 0.25) is 0 Å². The highest BCUT2D eigenvalue weighted by atomic mass is 19.4. The first-order valence-corrected chi connectivity index (χ1v) is 14.6. The van der Waals surface area contributed by atoms with E-state index in [0.717, 1.165) is 6.07 Å². The van der Waals surface area contributed by atoms with E-state index in [0.29, 0.717) is 0 Å². The van der Waals surface area contributed by atoms with Crippen LogP contribution in [0.15, 0.2) is 53.6 Å². The number of rotatable bonds is 2. The van der Waals surface area contributed by atoms with Gasteiger partial charge in [-0.2, -0.15) is 89.5 Å². The van der Waals surface area contributed by atoms with Crippen molar-refractivity contribution in [1.82, 2.24) is 0 Å². The van der Waals surface area contributed by atoms with Gasteiger partial charge in [-0.3, -0.25) is 0 Å². The lowest BCUT2D eigenvalue weighted by Gasteiger charge is -2.16. The van der Waals surface area contributed by atoms with Crippen molar-refractivity contribution in [1.29, 1.82) is 36.8 Å². The van der Waals surface area contributed by atoms with Crippen LogP contribution in [0.5, 0.6) is 0 Å². The summed E-state index contributed by atoms with van der Waals surface area (Å²) in [5.74, 6) is 0. The lowest BCUT2D eigenvalue weighted by molar-refractivity contribution is -0.144. The molecule has 0 N–H and O–H groups in total. The molecule has 19 heteroatoms. The van der Waals surface area contributed by atoms with Crippen LogP contribution in [0, 0.1) is 79.3 Å². The number of hydrogen-bond donors (Lipinski definition) is 0. The van der Waals surface area contributed by atoms with Gasteiger partial charge in [-0.15, -0.1) is 0 Å². The lowest BCUT2D eigenvalue weighted by Crippen LogP contribution is -2.12. The smallest absolute Gasteiger partial charge is 0.192 e. The molecule has 0 atom stereocenters. The molecule has 3 aromatic rings. The first kappa shape index (κ1) is 39.4. The van der Waals surface area contributed by atoms with Crippen molar-refractivity contribution in [3.05, 3.63) is 115 Å². The first-order chi connectivity index (χ1) is 26.0. The van der Waals surface area contributed by atoms with E-state index in [2.05, 4.69) is 0 Å². The van der Waals surface area contributed by atoms with Gasteiger partial charge in [-0.1, -0.05) is 0 Å². The number of allylic oxidation sites excluding steroid dienone is 8. The van der Waals surface area contributed by atoms with Gasteiger partial charge in [0.25, 0.3) is 0 Å². The van der Waals surface area contributed by atoms with Crippen LogP contribution in [0.3, 0.4) is 0 Å². The van der Waals surface area contributed by atoms with Gasteiger partial charge in [0.15, 0.2) is 0 Å². The number of fused-ring (bicyclic) bond motifs is 2. The average molecular weight is 777 g/mol. The fourth-order valence-electron chi connectivity index (χ4n) is 6.26. The Balaban J connectivity index is 2.04. The summed E-state index contributed by atoms with van der Waals surface area (Å²) in [6.45, 7) is 0. The monoisotopic (exact) mass is 777 g/mol. The van der Waals surface area contributed by atoms with Gasteiger partial charge in [-0.05, 0) is 59.2 Å². The molecule has 3 aromatic carbocycles. The Morgan fingerprint density at radius 2 is 0.750 bits per heavy atom. The quantitative estimate of drug-likeness (QED) is 0.184. The fourth-order valence-corrected chi connectivity index (χ4v) is 6.26. The maximum atomic E-state index is 13.9. The predicted molar refractivity (Wildman–Crippen MR) is 165 cm³/mol. The summed E-state index contributed by atoms with van der Waals surface area (Å²) >= 11 is 0. The van der Waals surface area contributed by atoms with Gasteiger partial charge in [0.1, 0.15) is 53.6 Å². The average Bonchev–Trinajstić information content (AvgIpc) is 3.62. The molecule has 2 aliphatic rings. The molecule has 0 spiro atoms. The van der Waals surface area contributed by atoms with Crippen molar-refractivity contribution in [3.8, 4) is 42.5 Å². The van der Waals surface area contributed by atoms with Crippen molar-refractivity contribution in [2.24, 2.45) is 0 Å². The fraction of sp³-hybridized carbons (Fsp3) is 0.108. The third-order valence-corrected chi connectivity index (χ3v) is 8.40. The Bertz CT molecular complexity index is 2660. The van der Waals surface area contributed by atoms with Crippen LogP contribution in [0.25, 0.3) is 33.4 Å². The number of alkyl halides is 12. The standard InChI is InChI=1S/C37H7F12N7/c38-34(39,40)19-1-15(2-20(5-19)35(41,42)43)28-25(12-54)23-7-24-30(17(8-50)9-51)29(16-3-21(36(44,45)46)6-22(4-16)37(47,48)49)26(13-55)32(24)27(14-56)33(23)31(28)18(10-52)11-53/h1-7H. The van der Waals surface area contributed by atoms with E-state index in [9.17, 15) is 89.5 Å². The number of nitrogens with zero attached hydrogens (tertiary/aromatic N) is 7. The molecule has 0 saturated carbocycles. The number of hydrogen-bond acceptors (Lipinski definition) is 7. The van der Waals surface area contributed by atoms with Gasteiger partial charge in [0.2, 0.25) is 0 Å². The minimum absolute atomic E-state index is 0.152. The van der Waals surface area contributed by atoms with Crippen LogP contribution < -0.4 is 0 Å². The van der Waals surface area contributed by atoms with E-state index in [1.807, 2.05) is 0 Å². The summed E-state index contributed by atoms with van der Waals surface area (Å²) in [6, 6.07) is 10.9. The van der Waals surface area contributed by atoms with Crippen molar-refractivity contribution in [2.45, 2.75) is 24.7 Å². The summed E-state index contributed by atoms with van der Waals surface area (Å²) in [4.78, 5) is 0. The van der Waals surface area contributed by atoms with Crippen molar-refractivity contribution in [2.75, 3.05) is 0 Å². The minimum Gasteiger partial charge on any atom is -0.192 e. The lowest BCUT2D eigenvalue weighted by atomic mass is 9.85. The molecule has 0 fully saturated rings. The molecule has 56 heavy (non-hydrogen) atoms. The summed E-state index contributed by atoms with van der Waals surface area (Å²) in [5.41, 5.74) is -21.0. The van der Waals surface area contributed by atoms with Gasteiger partial charge in [0.05, 0.1) is 39.0 Å². The first-order valence-electron chi connectivity index (χ1n) is 14.6. The van der Waals surface area contributed by atoms with E-state index in [1.165, 1.54) is 36.4 Å². The molecule has 0 saturated heterocycles. The zero-order chi connectivity index (χ0) is 41.9. The van der Waals surface area contributed by atoms with Crippen molar-refractivity contribution < 1.29 is 52.7 Å². The third-order valence-electron chi connectivity index (χ3n) is 8.40. The second-order valence-corrected chi connectivity index (χ2v) is 11.5. The molecule has 0 bridgehead atoms. The second-order valence-electron chi connectivity index (χ2n) is 11.5. The minimum atomic E-state index is -5.45. The van der Waals surface area contributed by atoms with Gasteiger partial charge in [0, 0.05) is 39.0 Å². The van der Waals surface area contributed by atoms with Gasteiger partial charge >= 0.3 is 24.7 Å². The Labute approximate surface area is 304 Å². The van der Waals surface area contributed by atoms with Crippen molar-refractivity contribution in [3.63, 3.8) is 0 Å². The normalized spacial score (nSPS) is 13.7. The third kappa shape index (κ3) is 6.32. The zero-order valence-electron chi connectivity index (χ0n) is 26.7. The summed E-state index contributed by atoms with van der Waals surface area (Å²) in [5, 5.41) is 70.9. The van der Waals surface area contributed by atoms with Crippen LogP contribution >= 0.6 is 0 Å². The van der Waals surface area contributed by atoms with Crippen LogP contribution in [0.1, 0.15) is 61.2 Å². The highest BCUT2D eigenvalue weighted by molar-refractivity contribution is 6.31. The molecule has 0 aromatic heterocycles. The number of benzene rings is 3.